The summed E-state index contributed by atoms with van der Waals surface area (Å²) < 4.78 is 0. The Bertz CT molecular complexity index is 144. The normalized spacial score (nSPS) is 13.7. The Morgan fingerprint density at radius 3 is 2.06 bits per heavy atom. The quantitative estimate of drug-likeness (QED) is 0.617. The molecule has 98 valence electrons. The summed E-state index contributed by atoms with van der Waals surface area (Å²) in [7, 11) is 2.27. The Morgan fingerprint density at radius 2 is 1.62 bits per heavy atom. The highest BCUT2D eigenvalue weighted by Crippen LogP contribution is 2.08. The van der Waals surface area contributed by atoms with Crippen LogP contribution in [0.4, 0.5) is 0 Å². The molecule has 0 aromatic rings. The highest BCUT2D eigenvalue weighted by Gasteiger charge is 2.15. The van der Waals surface area contributed by atoms with Crippen LogP contribution >= 0.6 is 0 Å². The van der Waals surface area contributed by atoms with Gasteiger partial charge in [0, 0.05) is 18.6 Å². The first-order chi connectivity index (χ1) is 7.69. The van der Waals surface area contributed by atoms with Crippen molar-refractivity contribution in [2.24, 2.45) is 0 Å². The van der Waals surface area contributed by atoms with Gasteiger partial charge in [0.1, 0.15) is 0 Å². The second-order valence-electron chi connectivity index (χ2n) is 4.85. The van der Waals surface area contributed by atoms with Crippen LogP contribution in [0.2, 0.25) is 0 Å². The van der Waals surface area contributed by atoms with Crippen LogP contribution in [-0.2, 0) is 0 Å². The van der Waals surface area contributed by atoms with Gasteiger partial charge < -0.3 is 10.2 Å². The maximum Gasteiger partial charge on any atom is 0.0194 e. The highest BCUT2D eigenvalue weighted by atomic mass is 15.1. The molecular weight excluding hydrogens is 196 g/mol. The van der Waals surface area contributed by atoms with Crippen molar-refractivity contribution in [3.8, 4) is 0 Å². The van der Waals surface area contributed by atoms with E-state index >= 15 is 0 Å². The fourth-order valence-corrected chi connectivity index (χ4v) is 2.36. The number of nitrogens with zero attached hydrogens (tertiary/aromatic N) is 1. The van der Waals surface area contributed by atoms with Crippen LogP contribution in [0.25, 0.3) is 0 Å². The van der Waals surface area contributed by atoms with Crippen molar-refractivity contribution in [1.82, 2.24) is 10.2 Å². The number of nitrogens with one attached hydrogen (secondary N) is 1. The lowest BCUT2D eigenvalue weighted by Gasteiger charge is -2.30. The van der Waals surface area contributed by atoms with Crippen molar-refractivity contribution >= 4 is 0 Å². The van der Waals surface area contributed by atoms with E-state index in [1.807, 2.05) is 0 Å². The van der Waals surface area contributed by atoms with Gasteiger partial charge in [0.15, 0.2) is 0 Å². The summed E-state index contributed by atoms with van der Waals surface area (Å²) >= 11 is 0. The van der Waals surface area contributed by atoms with Gasteiger partial charge in [0.25, 0.3) is 0 Å². The Labute approximate surface area is 103 Å². The zero-order valence-electron chi connectivity index (χ0n) is 12.1. The Balaban J connectivity index is 4.04. The van der Waals surface area contributed by atoms with Gasteiger partial charge in [-0.25, -0.2) is 0 Å². The van der Waals surface area contributed by atoms with Crippen LogP contribution in [0.5, 0.6) is 0 Å². The molecule has 0 aliphatic carbocycles. The van der Waals surface area contributed by atoms with Gasteiger partial charge in [-0.1, -0.05) is 34.1 Å². The van der Waals surface area contributed by atoms with Gasteiger partial charge >= 0.3 is 0 Å². The molecule has 0 fully saturated rings. The third-order valence-corrected chi connectivity index (χ3v) is 3.39. The molecule has 16 heavy (non-hydrogen) atoms. The molecule has 0 aliphatic rings. The van der Waals surface area contributed by atoms with E-state index in [4.69, 9.17) is 0 Å². The van der Waals surface area contributed by atoms with Crippen LogP contribution < -0.4 is 5.32 Å². The summed E-state index contributed by atoms with van der Waals surface area (Å²) in [5.74, 6) is 0. The van der Waals surface area contributed by atoms with E-state index in [-0.39, 0.29) is 0 Å². The van der Waals surface area contributed by atoms with E-state index in [1.54, 1.807) is 0 Å². The monoisotopic (exact) mass is 228 g/mol. The Hall–Kier alpha value is -0.0800. The first-order valence-corrected chi connectivity index (χ1v) is 7.13. The van der Waals surface area contributed by atoms with Crippen LogP contribution in [0, 0.1) is 0 Å². The van der Waals surface area contributed by atoms with E-state index in [0.29, 0.717) is 6.04 Å². The molecule has 1 atom stereocenters. The summed E-state index contributed by atoms with van der Waals surface area (Å²) in [5, 5.41) is 3.66. The third-order valence-electron chi connectivity index (χ3n) is 3.39. The largest absolute Gasteiger partial charge is 0.313 e. The maximum atomic E-state index is 3.66. The van der Waals surface area contributed by atoms with Crippen LogP contribution in [0.15, 0.2) is 0 Å². The molecule has 0 bridgehead atoms. The lowest BCUT2D eigenvalue weighted by molar-refractivity contribution is 0.201. The SMILES string of the molecule is CCCNC(CCC)CN(C)C(CC)CC. The molecule has 0 radical (unpaired) electrons. The summed E-state index contributed by atoms with van der Waals surface area (Å²) in [4.78, 5) is 2.53. The molecular formula is C14H32N2. The highest BCUT2D eigenvalue weighted by molar-refractivity contribution is 4.74. The molecule has 2 heteroatoms. The van der Waals surface area contributed by atoms with Crippen molar-refractivity contribution in [2.75, 3.05) is 20.1 Å². The van der Waals surface area contributed by atoms with Crippen molar-refractivity contribution in [2.45, 2.75) is 71.9 Å². The predicted octanol–water partition coefficient (Wildman–Crippen LogP) is 3.28. The fraction of sp³-hybridized carbons (Fsp3) is 1.00. The summed E-state index contributed by atoms with van der Waals surface area (Å²) in [6, 6.07) is 1.43. The van der Waals surface area contributed by atoms with E-state index < -0.39 is 0 Å². The first-order valence-electron chi connectivity index (χ1n) is 7.13. The van der Waals surface area contributed by atoms with Gasteiger partial charge in [0.2, 0.25) is 0 Å². The molecule has 0 saturated carbocycles. The van der Waals surface area contributed by atoms with E-state index in [1.165, 1.54) is 38.6 Å². The lowest BCUT2D eigenvalue weighted by atomic mass is 10.1. The molecule has 0 aromatic heterocycles. The molecule has 0 heterocycles. The van der Waals surface area contributed by atoms with Gasteiger partial charge in [0.05, 0.1) is 0 Å². The molecule has 2 nitrogen and oxygen atoms in total. The van der Waals surface area contributed by atoms with Gasteiger partial charge in [-0.3, -0.25) is 0 Å². The van der Waals surface area contributed by atoms with Crippen molar-refractivity contribution in [3.05, 3.63) is 0 Å². The van der Waals surface area contributed by atoms with Gasteiger partial charge in [-0.05, 0) is 39.3 Å². The number of hydrogen-bond donors (Lipinski definition) is 1. The summed E-state index contributed by atoms with van der Waals surface area (Å²) in [5.41, 5.74) is 0. The first kappa shape index (κ1) is 15.9. The van der Waals surface area contributed by atoms with E-state index in [9.17, 15) is 0 Å². The number of rotatable bonds is 10. The second-order valence-corrected chi connectivity index (χ2v) is 4.85. The zero-order valence-corrected chi connectivity index (χ0v) is 12.1. The molecule has 0 spiro atoms. The molecule has 0 amide bonds. The van der Waals surface area contributed by atoms with Crippen LogP contribution in [-0.4, -0.2) is 37.1 Å². The Morgan fingerprint density at radius 1 is 1.00 bits per heavy atom. The smallest absolute Gasteiger partial charge is 0.0194 e. The number of likely N-dealkylation sites (N-methyl/N-ethyl adjacent to an activating group) is 1. The predicted molar refractivity (Wildman–Crippen MR) is 74.0 cm³/mol. The molecule has 0 rings (SSSR count). The van der Waals surface area contributed by atoms with E-state index in [0.717, 1.165) is 12.6 Å². The van der Waals surface area contributed by atoms with E-state index in [2.05, 4.69) is 45.0 Å². The van der Waals surface area contributed by atoms with Crippen LogP contribution in [0.3, 0.4) is 0 Å². The van der Waals surface area contributed by atoms with Gasteiger partial charge in [-0.15, -0.1) is 0 Å². The average molecular weight is 228 g/mol. The van der Waals surface area contributed by atoms with Crippen LogP contribution in [0.1, 0.15) is 59.8 Å². The fourth-order valence-electron chi connectivity index (χ4n) is 2.36. The molecule has 0 aliphatic heterocycles. The third kappa shape index (κ3) is 6.49. The minimum atomic E-state index is 0.676. The topological polar surface area (TPSA) is 15.3 Å². The molecule has 1 N–H and O–H groups in total. The molecule has 1 unspecified atom stereocenters. The minimum absolute atomic E-state index is 0.676. The van der Waals surface area contributed by atoms with Gasteiger partial charge in [-0.2, -0.15) is 0 Å². The Kier molecular flexibility index (Phi) is 10.0. The lowest BCUT2D eigenvalue weighted by Crippen LogP contribution is -2.43. The molecule has 0 saturated heterocycles. The zero-order chi connectivity index (χ0) is 12.4. The van der Waals surface area contributed by atoms with Crippen molar-refractivity contribution < 1.29 is 0 Å². The maximum absolute atomic E-state index is 3.66. The standard InChI is InChI=1S/C14H32N2/c1-6-10-13(15-11-7-2)12-16(5)14(8-3)9-4/h13-15H,6-12H2,1-5H3. The summed E-state index contributed by atoms with van der Waals surface area (Å²) in [6.45, 7) is 11.4. The average Bonchev–Trinajstić information content (AvgIpc) is 2.28. The number of hydrogen-bond acceptors (Lipinski definition) is 2. The minimum Gasteiger partial charge on any atom is -0.313 e. The summed E-state index contributed by atoms with van der Waals surface area (Å²) in [6.07, 6.45) is 6.33. The van der Waals surface area contributed by atoms with Crippen molar-refractivity contribution in [3.63, 3.8) is 0 Å². The second kappa shape index (κ2) is 10.1. The molecule has 0 aromatic carbocycles. The van der Waals surface area contributed by atoms with Crippen molar-refractivity contribution in [1.29, 1.82) is 0 Å².